The number of fused-ring (bicyclic) bond motifs is 1. The van der Waals surface area contributed by atoms with E-state index in [0.717, 1.165) is 30.5 Å². The molecule has 5 rings (SSSR count). The molecular formula is C27H31ClN6O2. The minimum absolute atomic E-state index is 0.00728. The molecule has 1 aliphatic carbocycles. The van der Waals surface area contributed by atoms with Crippen LogP contribution in [0.3, 0.4) is 0 Å². The van der Waals surface area contributed by atoms with Crippen LogP contribution in [0.2, 0.25) is 5.02 Å². The monoisotopic (exact) mass is 506 g/mol. The number of hydrogen-bond acceptors (Lipinski definition) is 5. The van der Waals surface area contributed by atoms with Gasteiger partial charge < -0.3 is 14.8 Å². The van der Waals surface area contributed by atoms with Crippen LogP contribution in [-0.4, -0.2) is 56.9 Å². The van der Waals surface area contributed by atoms with Gasteiger partial charge >= 0.3 is 0 Å². The highest BCUT2D eigenvalue weighted by Gasteiger charge is 2.27. The minimum atomic E-state index is -0.263. The van der Waals surface area contributed by atoms with Gasteiger partial charge in [0.1, 0.15) is 0 Å². The summed E-state index contributed by atoms with van der Waals surface area (Å²) in [5.74, 6) is 0.176. The molecule has 188 valence electrons. The second-order valence-corrected chi connectivity index (χ2v) is 9.98. The van der Waals surface area contributed by atoms with Crippen molar-refractivity contribution in [3.05, 3.63) is 65.0 Å². The van der Waals surface area contributed by atoms with Gasteiger partial charge in [0, 0.05) is 49.2 Å². The van der Waals surface area contributed by atoms with Crippen LogP contribution in [0.25, 0.3) is 11.0 Å². The van der Waals surface area contributed by atoms with Gasteiger partial charge in [-0.1, -0.05) is 23.7 Å². The van der Waals surface area contributed by atoms with Crippen LogP contribution in [0.15, 0.2) is 48.7 Å². The molecule has 1 unspecified atom stereocenters. The molecule has 1 aliphatic heterocycles. The molecule has 0 spiro atoms. The van der Waals surface area contributed by atoms with Crippen LogP contribution in [0.4, 0.5) is 5.95 Å². The summed E-state index contributed by atoms with van der Waals surface area (Å²) in [6.07, 6.45) is 10.4. The molecule has 2 N–H and O–H groups in total. The number of rotatable bonds is 7. The van der Waals surface area contributed by atoms with Crippen LogP contribution >= 0.6 is 11.6 Å². The molecule has 0 bridgehead atoms. The Kier molecular flexibility index (Phi) is 7.34. The Bertz CT molecular complexity index is 1300. The molecule has 2 aliphatic rings. The molecule has 1 saturated carbocycles. The van der Waals surface area contributed by atoms with E-state index in [2.05, 4.69) is 15.6 Å². The van der Waals surface area contributed by atoms with Crippen molar-refractivity contribution in [2.24, 2.45) is 0 Å². The summed E-state index contributed by atoms with van der Waals surface area (Å²) in [7, 11) is 0. The lowest BCUT2D eigenvalue weighted by Gasteiger charge is -2.26. The maximum atomic E-state index is 13.1. The highest BCUT2D eigenvalue weighted by molar-refractivity contribution is 6.35. The van der Waals surface area contributed by atoms with Gasteiger partial charge in [-0.2, -0.15) is 0 Å². The molecule has 36 heavy (non-hydrogen) atoms. The Morgan fingerprint density at radius 1 is 1.19 bits per heavy atom. The van der Waals surface area contributed by atoms with Crippen molar-refractivity contribution in [2.45, 2.75) is 51.1 Å². The quantitative estimate of drug-likeness (QED) is 0.460. The summed E-state index contributed by atoms with van der Waals surface area (Å²) in [4.78, 5) is 36.9. The molecule has 1 saturated heterocycles. The second kappa shape index (κ2) is 10.8. The zero-order valence-corrected chi connectivity index (χ0v) is 21.2. The van der Waals surface area contributed by atoms with Gasteiger partial charge in [-0.15, -0.1) is 0 Å². The number of anilines is 1. The van der Waals surface area contributed by atoms with E-state index >= 15 is 0 Å². The molecule has 8 nitrogen and oxygen atoms in total. The summed E-state index contributed by atoms with van der Waals surface area (Å²) in [6, 6.07) is 9.52. The van der Waals surface area contributed by atoms with E-state index in [9.17, 15) is 9.59 Å². The molecule has 0 radical (unpaired) electrons. The fraction of sp³-hybridized carbons (Fsp3) is 0.407. The smallest absolute Gasteiger partial charge is 0.258 e. The van der Waals surface area contributed by atoms with E-state index in [0.29, 0.717) is 47.7 Å². The zero-order chi connectivity index (χ0) is 25.1. The third-order valence-corrected chi connectivity index (χ3v) is 7.04. The van der Waals surface area contributed by atoms with Crippen molar-refractivity contribution in [2.75, 3.05) is 25.0 Å². The Morgan fingerprint density at radius 2 is 2.06 bits per heavy atom. The van der Waals surface area contributed by atoms with Gasteiger partial charge in [0.2, 0.25) is 11.9 Å². The van der Waals surface area contributed by atoms with Crippen LogP contribution in [0.5, 0.6) is 0 Å². The standard InChI is InChI=1S/C27H31ClN6O2/c1-18-16-19(12-14-29-18)26(36)32-27-31-23-8-4-7-22(28)25(23)34(27)21-6-2-3-15-33(17-21)24(35)9-5-13-30-20-10-11-20/h4-5,7-9,12,14,16,20-21,30H,2-3,6,10-11,13,15,17H2,1H3,(H,31,32,36)/b9-5+. The third kappa shape index (κ3) is 5.60. The molecule has 2 fully saturated rings. The SMILES string of the molecule is Cc1cc(C(=O)Nc2nc3cccc(Cl)c3n2C2CCCCN(C(=O)/C=C/CNC3CC3)C2)ccn1. The first-order chi connectivity index (χ1) is 17.5. The summed E-state index contributed by atoms with van der Waals surface area (Å²) >= 11 is 6.64. The summed E-state index contributed by atoms with van der Waals surface area (Å²) < 4.78 is 2.01. The first-order valence-electron chi connectivity index (χ1n) is 12.6. The largest absolute Gasteiger partial charge is 0.337 e. The van der Waals surface area contributed by atoms with Gasteiger partial charge in [-0.3, -0.25) is 19.9 Å². The van der Waals surface area contributed by atoms with E-state index in [1.165, 1.54) is 12.8 Å². The number of amides is 2. The molecule has 1 aromatic carbocycles. The van der Waals surface area contributed by atoms with E-state index in [1.54, 1.807) is 24.4 Å². The normalized spacial score (nSPS) is 18.5. The zero-order valence-electron chi connectivity index (χ0n) is 20.4. The number of halogens is 1. The predicted molar refractivity (Wildman–Crippen MR) is 141 cm³/mol. The summed E-state index contributed by atoms with van der Waals surface area (Å²) in [5.41, 5.74) is 2.74. The fourth-order valence-electron chi connectivity index (χ4n) is 4.73. The Hall–Kier alpha value is -3.23. The van der Waals surface area contributed by atoms with Crippen molar-refractivity contribution in [1.82, 2.24) is 24.8 Å². The number of aryl methyl sites for hydroxylation is 1. The summed E-state index contributed by atoms with van der Waals surface area (Å²) in [6.45, 7) is 3.78. The predicted octanol–water partition coefficient (Wildman–Crippen LogP) is 4.51. The lowest BCUT2D eigenvalue weighted by atomic mass is 10.1. The average molecular weight is 507 g/mol. The van der Waals surface area contributed by atoms with Crippen LogP contribution < -0.4 is 10.6 Å². The number of carbonyl (C=O) groups excluding carboxylic acids is 2. The van der Waals surface area contributed by atoms with Crippen molar-refractivity contribution >= 4 is 40.4 Å². The maximum absolute atomic E-state index is 13.1. The first kappa shape index (κ1) is 24.5. The third-order valence-electron chi connectivity index (χ3n) is 6.73. The minimum Gasteiger partial charge on any atom is -0.337 e. The number of hydrogen-bond donors (Lipinski definition) is 2. The van der Waals surface area contributed by atoms with Crippen molar-refractivity contribution in [1.29, 1.82) is 0 Å². The van der Waals surface area contributed by atoms with Gasteiger partial charge in [0.15, 0.2) is 0 Å². The number of likely N-dealkylation sites (tertiary alicyclic amines) is 1. The topological polar surface area (TPSA) is 92.2 Å². The number of carbonyl (C=O) groups is 2. The van der Waals surface area contributed by atoms with Crippen LogP contribution in [0.1, 0.15) is 54.2 Å². The number of nitrogens with one attached hydrogen (secondary N) is 2. The van der Waals surface area contributed by atoms with Crippen LogP contribution in [-0.2, 0) is 4.79 Å². The number of pyridine rings is 1. The molecule has 3 heterocycles. The molecule has 1 atom stereocenters. The van der Waals surface area contributed by atoms with Crippen molar-refractivity contribution in [3.8, 4) is 0 Å². The molecule has 3 aromatic rings. The number of imidazole rings is 1. The second-order valence-electron chi connectivity index (χ2n) is 9.57. The first-order valence-corrected chi connectivity index (χ1v) is 13.0. The number of benzene rings is 1. The average Bonchev–Trinajstić information content (AvgIpc) is 3.66. The van der Waals surface area contributed by atoms with Crippen molar-refractivity contribution in [3.63, 3.8) is 0 Å². The molecular weight excluding hydrogens is 476 g/mol. The number of nitrogens with zero attached hydrogens (tertiary/aromatic N) is 4. The highest BCUT2D eigenvalue weighted by atomic mass is 35.5. The lowest BCUT2D eigenvalue weighted by Crippen LogP contribution is -2.35. The van der Waals surface area contributed by atoms with Crippen LogP contribution in [0, 0.1) is 6.92 Å². The lowest BCUT2D eigenvalue weighted by molar-refractivity contribution is -0.126. The van der Waals surface area contributed by atoms with Gasteiger partial charge in [-0.05, 0) is 63.3 Å². The molecule has 9 heteroatoms. The van der Waals surface area contributed by atoms with Crippen molar-refractivity contribution < 1.29 is 9.59 Å². The Labute approximate surface area is 215 Å². The Morgan fingerprint density at radius 3 is 2.86 bits per heavy atom. The van der Waals surface area contributed by atoms with E-state index < -0.39 is 0 Å². The molecule has 2 aromatic heterocycles. The summed E-state index contributed by atoms with van der Waals surface area (Å²) in [5, 5.41) is 6.95. The maximum Gasteiger partial charge on any atom is 0.258 e. The van der Waals surface area contributed by atoms with Gasteiger partial charge in [0.05, 0.1) is 22.1 Å². The van der Waals surface area contributed by atoms with Gasteiger partial charge in [0.25, 0.3) is 5.91 Å². The van der Waals surface area contributed by atoms with E-state index in [-0.39, 0.29) is 17.9 Å². The van der Waals surface area contributed by atoms with E-state index in [1.807, 2.05) is 40.7 Å². The molecule has 2 amide bonds. The Balaban J connectivity index is 1.42. The van der Waals surface area contributed by atoms with Gasteiger partial charge in [-0.25, -0.2) is 4.98 Å². The number of aromatic nitrogens is 3. The fourth-order valence-corrected chi connectivity index (χ4v) is 4.99. The van der Waals surface area contributed by atoms with E-state index in [4.69, 9.17) is 16.6 Å². The number of para-hydroxylation sites is 1. The highest BCUT2D eigenvalue weighted by Crippen LogP contribution is 2.34.